The zero-order chi connectivity index (χ0) is 18.0. The molecule has 128 valence electrons. The van der Waals surface area contributed by atoms with Crippen molar-refractivity contribution >= 4 is 29.2 Å². The van der Waals surface area contributed by atoms with Crippen LogP contribution in [-0.4, -0.2) is 30.9 Å². The Morgan fingerprint density at radius 2 is 1.84 bits per heavy atom. The second-order valence-corrected chi connectivity index (χ2v) is 5.51. The molecule has 0 radical (unpaired) electrons. The van der Waals surface area contributed by atoms with Gasteiger partial charge in [-0.2, -0.15) is 0 Å². The lowest BCUT2D eigenvalue weighted by molar-refractivity contribution is -0.255. The Hall–Kier alpha value is -3.35. The van der Waals surface area contributed by atoms with E-state index in [0.29, 0.717) is 17.1 Å². The van der Waals surface area contributed by atoms with Gasteiger partial charge in [-0.3, -0.25) is 9.59 Å². The van der Waals surface area contributed by atoms with Crippen molar-refractivity contribution in [3.8, 4) is 5.75 Å². The number of carboxylic acids is 1. The van der Waals surface area contributed by atoms with Crippen LogP contribution in [0.3, 0.4) is 0 Å². The molecule has 1 aliphatic heterocycles. The van der Waals surface area contributed by atoms with Gasteiger partial charge in [-0.15, -0.1) is 0 Å². The summed E-state index contributed by atoms with van der Waals surface area (Å²) in [6.45, 7) is 0. The molecule has 1 aliphatic rings. The standard InChI is InChI=1S/C18H16N2O5/c1-25-15-5-3-2-4-14(15)20-16(21)10-13(17(20)22)19-12-8-6-11(7-9-12)18(23)24/h2-9,13,19H,10H2,1H3,(H,23,24)/p-1/t13-/m1/s1. The SMILES string of the molecule is COc1ccccc1N1C(=O)C[C@@H](Nc2ccc(C(=O)[O-])cc2)C1=O. The fourth-order valence-electron chi connectivity index (χ4n) is 2.72. The minimum atomic E-state index is -1.28. The molecular weight excluding hydrogens is 324 g/mol. The van der Waals surface area contributed by atoms with E-state index in [-0.39, 0.29) is 17.9 Å². The molecule has 1 atom stereocenters. The van der Waals surface area contributed by atoms with Crippen LogP contribution >= 0.6 is 0 Å². The van der Waals surface area contributed by atoms with Crippen LogP contribution in [-0.2, 0) is 9.59 Å². The molecule has 0 unspecified atom stereocenters. The highest BCUT2D eigenvalue weighted by Gasteiger charge is 2.40. The summed E-state index contributed by atoms with van der Waals surface area (Å²) >= 11 is 0. The molecule has 7 nitrogen and oxygen atoms in total. The largest absolute Gasteiger partial charge is 0.545 e. The molecule has 2 amide bonds. The third-order valence-electron chi connectivity index (χ3n) is 3.93. The Labute approximate surface area is 143 Å². The third kappa shape index (κ3) is 3.16. The maximum atomic E-state index is 12.6. The number of nitrogens with one attached hydrogen (secondary N) is 1. The fourth-order valence-corrected chi connectivity index (χ4v) is 2.72. The first-order chi connectivity index (χ1) is 12.0. The number of methoxy groups -OCH3 is 1. The Kier molecular flexibility index (Phi) is 4.38. The smallest absolute Gasteiger partial charge is 0.256 e. The Balaban J connectivity index is 1.80. The van der Waals surface area contributed by atoms with Crippen LogP contribution < -0.4 is 20.1 Å². The molecule has 25 heavy (non-hydrogen) atoms. The summed E-state index contributed by atoms with van der Waals surface area (Å²) < 4.78 is 5.22. The van der Waals surface area contributed by atoms with Gasteiger partial charge in [0.15, 0.2) is 0 Å². The highest BCUT2D eigenvalue weighted by Crippen LogP contribution is 2.32. The van der Waals surface area contributed by atoms with Crippen LogP contribution in [0, 0.1) is 0 Å². The predicted molar refractivity (Wildman–Crippen MR) is 88.3 cm³/mol. The predicted octanol–water partition coefficient (Wildman–Crippen LogP) is 0.803. The van der Waals surface area contributed by atoms with Crippen molar-refractivity contribution in [2.45, 2.75) is 12.5 Å². The summed E-state index contributed by atoms with van der Waals surface area (Å²) in [5.74, 6) is -1.57. The minimum absolute atomic E-state index is 0.000874. The van der Waals surface area contributed by atoms with E-state index in [1.165, 1.54) is 31.4 Å². The summed E-state index contributed by atoms with van der Waals surface area (Å²) in [4.78, 5) is 36.8. The van der Waals surface area contributed by atoms with Crippen molar-refractivity contribution in [1.82, 2.24) is 0 Å². The van der Waals surface area contributed by atoms with Crippen LogP contribution in [0.25, 0.3) is 0 Å². The number of carboxylic acid groups (broad SMARTS) is 1. The molecule has 1 fully saturated rings. The van der Waals surface area contributed by atoms with Gasteiger partial charge in [-0.25, -0.2) is 4.90 Å². The van der Waals surface area contributed by atoms with Gasteiger partial charge in [-0.1, -0.05) is 24.3 Å². The first kappa shape index (κ1) is 16.5. The van der Waals surface area contributed by atoms with Crippen LogP contribution in [0.2, 0.25) is 0 Å². The van der Waals surface area contributed by atoms with Crippen molar-refractivity contribution in [3.63, 3.8) is 0 Å². The molecule has 2 aromatic rings. The number of hydrogen-bond acceptors (Lipinski definition) is 6. The quantitative estimate of drug-likeness (QED) is 0.809. The van der Waals surface area contributed by atoms with E-state index < -0.39 is 17.9 Å². The summed E-state index contributed by atoms with van der Waals surface area (Å²) in [7, 11) is 1.47. The fraction of sp³-hybridized carbons (Fsp3) is 0.167. The zero-order valence-corrected chi connectivity index (χ0v) is 13.4. The molecule has 1 heterocycles. The van der Waals surface area contributed by atoms with Gasteiger partial charge < -0.3 is 20.0 Å². The maximum absolute atomic E-state index is 12.6. The van der Waals surface area contributed by atoms with E-state index in [4.69, 9.17) is 4.74 Å². The number of para-hydroxylation sites is 2. The number of imide groups is 1. The number of amides is 2. The van der Waals surface area contributed by atoms with E-state index in [1.54, 1.807) is 24.3 Å². The first-order valence-electron chi connectivity index (χ1n) is 7.59. The second-order valence-electron chi connectivity index (χ2n) is 5.51. The van der Waals surface area contributed by atoms with Gasteiger partial charge in [0.05, 0.1) is 25.2 Å². The monoisotopic (exact) mass is 339 g/mol. The van der Waals surface area contributed by atoms with Gasteiger partial charge in [0.25, 0.3) is 5.91 Å². The van der Waals surface area contributed by atoms with Crippen LogP contribution in [0.4, 0.5) is 11.4 Å². The molecule has 1 N–H and O–H groups in total. The van der Waals surface area contributed by atoms with Gasteiger partial charge in [-0.05, 0) is 29.8 Å². The Bertz CT molecular complexity index is 832. The number of carbonyl (C=O) groups is 3. The van der Waals surface area contributed by atoms with Crippen LogP contribution in [0.5, 0.6) is 5.75 Å². The summed E-state index contributed by atoms with van der Waals surface area (Å²) in [5.41, 5.74) is 0.977. The molecule has 0 aliphatic carbocycles. The topological polar surface area (TPSA) is 98.8 Å². The third-order valence-corrected chi connectivity index (χ3v) is 3.93. The Morgan fingerprint density at radius 3 is 2.48 bits per heavy atom. The molecule has 2 aromatic carbocycles. The number of anilines is 2. The molecular formula is C18H15N2O5-. The minimum Gasteiger partial charge on any atom is -0.545 e. The normalized spacial score (nSPS) is 16.8. The summed E-state index contributed by atoms with van der Waals surface area (Å²) in [5, 5.41) is 13.7. The van der Waals surface area contributed by atoms with E-state index >= 15 is 0 Å². The number of ether oxygens (including phenoxy) is 1. The van der Waals surface area contributed by atoms with Crippen LogP contribution in [0.15, 0.2) is 48.5 Å². The van der Waals surface area contributed by atoms with Crippen molar-refractivity contribution in [2.75, 3.05) is 17.3 Å². The van der Waals surface area contributed by atoms with Crippen molar-refractivity contribution in [3.05, 3.63) is 54.1 Å². The van der Waals surface area contributed by atoms with Gasteiger partial charge in [0.2, 0.25) is 5.91 Å². The van der Waals surface area contributed by atoms with E-state index in [2.05, 4.69) is 5.32 Å². The molecule has 7 heteroatoms. The number of nitrogens with zero attached hydrogens (tertiary/aromatic N) is 1. The maximum Gasteiger partial charge on any atom is 0.256 e. The highest BCUT2D eigenvalue weighted by atomic mass is 16.5. The average Bonchev–Trinajstić information content (AvgIpc) is 2.89. The molecule has 1 saturated heterocycles. The van der Waals surface area contributed by atoms with Crippen LogP contribution in [0.1, 0.15) is 16.8 Å². The second kappa shape index (κ2) is 6.64. The van der Waals surface area contributed by atoms with E-state index in [9.17, 15) is 19.5 Å². The van der Waals surface area contributed by atoms with Crippen molar-refractivity contribution < 1.29 is 24.2 Å². The lowest BCUT2D eigenvalue weighted by atomic mass is 10.2. The first-order valence-corrected chi connectivity index (χ1v) is 7.59. The highest BCUT2D eigenvalue weighted by molar-refractivity contribution is 6.23. The Morgan fingerprint density at radius 1 is 1.16 bits per heavy atom. The van der Waals surface area contributed by atoms with E-state index in [1.807, 2.05) is 0 Å². The zero-order valence-electron chi connectivity index (χ0n) is 13.4. The van der Waals surface area contributed by atoms with Gasteiger partial charge in [0, 0.05) is 5.69 Å². The summed E-state index contributed by atoms with van der Waals surface area (Å²) in [6, 6.07) is 11.9. The van der Waals surface area contributed by atoms with Crippen molar-refractivity contribution in [2.24, 2.45) is 0 Å². The van der Waals surface area contributed by atoms with Gasteiger partial charge in [0.1, 0.15) is 11.8 Å². The molecule has 0 bridgehead atoms. The number of carbonyl (C=O) groups excluding carboxylic acids is 3. The summed E-state index contributed by atoms with van der Waals surface area (Å²) in [6.07, 6.45) is -0.000874. The lowest BCUT2D eigenvalue weighted by Crippen LogP contribution is -2.35. The molecule has 3 rings (SSSR count). The molecule has 0 saturated carbocycles. The average molecular weight is 339 g/mol. The lowest BCUT2D eigenvalue weighted by Gasteiger charge is -2.18. The molecule has 0 spiro atoms. The number of hydrogen-bond donors (Lipinski definition) is 1. The van der Waals surface area contributed by atoms with Crippen molar-refractivity contribution in [1.29, 1.82) is 0 Å². The number of aromatic carboxylic acids is 1. The number of rotatable bonds is 5. The van der Waals surface area contributed by atoms with Gasteiger partial charge >= 0.3 is 0 Å². The molecule has 0 aromatic heterocycles. The van der Waals surface area contributed by atoms with E-state index in [0.717, 1.165) is 4.90 Å². The number of benzene rings is 2.